The van der Waals surface area contributed by atoms with Gasteiger partial charge < -0.3 is 10.4 Å². The van der Waals surface area contributed by atoms with Gasteiger partial charge in [0.25, 0.3) is 5.91 Å². The molecule has 0 spiro atoms. The molecule has 0 aromatic heterocycles. The third-order valence-electron chi connectivity index (χ3n) is 2.16. The molecule has 0 aliphatic rings. The number of rotatable bonds is 6. The van der Waals surface area contributed by atoms with E-state index in [1.54, 1.807) is 12.1 Å². The van der Waals surface area contributed by atoms with E-state index in [-0.39, 0.29) is 12.5 Å². The summed E-state index contributed by atoms with van der Waals surface area (Å²) in [6.07, 6.45) is 2.67. The van der Waals surface area contributed by atoms with Crippen LogP contribution in [0.5, 0.6) is 0 Å². The van der Waals surface area contributed by atoms with E-state index in [1.807, 2.05) is 18.2 Å². The lowest BCUT2D eigenvalue weighted by Crippen LogP contribution is -2.24. The van der Waals surface area contributed by atoms with E-state index in [2.05, 4.69) is 5.32 Å². The first kappa shape index (κ1) is 11.7. The van der Waals surface area contributed by atoms with Gasteiger partial charge in [0.15, 0.2) is 0 Å². The molecular formula is C12H17NO2. The molecule has 2 N–H and O–H groups in total. The van der Waals surface area contributed by atoms with Crippen molar-refractivity contribution in [1.29, 1.82) is 0 Å². The zero-order chi connectivity index (χ0) is 10.9. The Kier molecular flexibility index (Phi) is 5.48. The van der Waals surface area contributed by atoms with E-state index < -0.39 is 0 Å². The number of carbonyl (C=O) groups is 1. The minimum atomic E-state index is -0.0281. The molecule has 82 valence electrons. The molecule has 0 saturated carbocycles. The van der Waals surface area contributed by atoms with Crippen molar-refractivity contribution in [2.45, 2.75) is 19.3 Å². The zero-order valence-corrected chi connectivity index (χ0v) is 8.78. The maximum absolute atomic E-state index is 11.5. The van der Waals surface area contributed by atoms with Crippen LogP contribution in [-0.4, -0.2) is 24.2 Å². The summed E-state index contributed by atoms with van der Waals surface area (Å²) in [6.45, 7) is 0.903. The highest BCUT2D eigenvalue weighted by molar-refractivity contribution is 5.94. The van der Waals surface area contributed by atoms with Crippen molar-refractivity contribution in [3.05, 3.63) is 35.9 Å². The molecule has 1 amide bonds. The summed E-state index contributed by atoms with van der Waals surface area (Å²) in [6, 6.07) is 9.17. The molecule has 0 unspecified atom stereocenters. The molecular weight excluding hydrogens is 190 g/mol. The second-order valence-electron chi connectivity index (χ2n) is 3.41. The maximum Gasteiger partial charge on any atom is 0.251 e. The van der Waals surface area contributed by atoms with Gasteiger partial charge in [0.05, 0.1) is 0 Å². The van der Waals surface area contributed by atoms with E-state index in [1.165, 1.54) is 0 Å². The van der Waals surface area contributed by atoms with E-state index in [0.29, 0.717) is 12.1 Å². The molecule has 15 heavy (non-hydrogen) atoms. The molecule has 0 atom stereocenters. The number of benzene rings is 1. The van der Waals surface area contributed by atoms with E-state index >= 15 is 0 Å². The predicted molar refractivity (Wildman–Crippen MR) is 59.7 cm³/mol. The van der Waals surface area contributed by atoms with Crippen molar-refractivity contribution in [2.75, 3.05) is 13.2 Å². The average Bonchev–Trinajstić information content (AvgIpc) is 2.30. The quantitative estimate of drug-likeness (QED) is 0.696. The summed E-state index contributed by atoms with van der Waals surface area (Å²) < 4.78 is 0. The normalized spacial score (nSPS) is 9.93. The highest BCUT2D eigenvalue weighted by atomic mass is 16.2. The zero-order valence-electron chi connectivity index (χ0n) is 8.78. The summed E-state index contributed by atoms with van der Waals surface area (Å²) in [4.78, 5) is 11.5. The summed E-state index contributed by atoms with van der Waals surface area (Å²) in [5, 5.41) is 11.4. The highest BCUT2D eigenvalue weighted by Crippen LogP contribution is 1.98. The van der Waals surface area contributed by atoms with Crippen LogP contribution in [0.1, 0.15) is 29.6 Å². The number of hydrogen-bond donors (Lipinski definition) is 2. The van der Waals surface area contributed by atoms with Gasteiger partial charge in [0.1, 0.15) is 0 Å². The summed E-state index contributed by atoms with van der Waals surface area (Å²) in [7, 11) is 0. The summed E-state index contributed by atoms with van der Waals surface area (Å²) >= 11 is 0. The van der Waals surface area contributed by atoms with Gasteiger partial charge in [-0.1, -0.05) is 18.2 Å². The molecule has 1 aromatic carbocycles. The fraction of sp³-hybridized carbons (Fsp3) is 0.417. The third-order valence-corrected chi connectivity index (χ3v) is 2.16. The van der Waals surface area contributed by atoms with Crippen LogP contribution < -0.4 is 5.32 Å². The first-order valence-corrected chi connectivity index (χ1v) is 5.28. The highest BCUT2D eigenvalue weighted by Gasteiger charge is 2.01. The Bertz CT molecular complexity index is 285. The predicted octanol–water partition coefficient (Wildman–Crippen LogP) is 1.58. The number of carbonyl (C=O) groups excluding carboxylic acids is 1. The molecule has 0 aliphatic carbocycles. The fourth-order valence-electron chi connectivity index (χ4n) is 1.31. The number of nitrogens with one attached hydrogen (secondary N) is 1. The maximum atomic E-state index is 11.5. The van der Waals surface area contributed by atoms with Crippen LogP contribution in [-0.2, 0) is 0 Å². The number of aliphatic hydroxyl groups is 1. The van der Waals surface area contributed by atoms with Crippen molar-refractivity contribution in [3.8, 4) is 0 Å². The Labute approximate surface area is 90.1 Å². The van der Waals surface area contributed by atoms with Crippen molar-refractivity contribution in [1.82, 2.24) is 5.32 Å². The van der Waals surface area contributed by atoms with Crippen LogP contribution in [0.25, 0.3) is 0 Å². The molecule has 3 heteroatoms. The molecule has 0 radical (unpaired) electrons. The molecule has 0 fully saturated rings. The molecule has 0 bridgehead atoms. The molecule has 1 rings (SSSR count). The van der Waals surface area contributed by atoms with Crippen molar-refractivity contribution in [2.24, 2.45) is 0 Å². The lowest BCUT2D eigenvalue weighted by atomic mass is 10.2. The minimum absolute atomic E-state index is 0.0281. The van der Waals surface area contributed by atoms with Gasteiger partial charge in [-0.15, -0.1) is 0 Å². The first-order chi connectivity index (χ1) is 7.34. The Morgan fingerprint density at radius 1 is 1.13 bits per heavy atom. The second-order valence-corrected chi connectivity index (χ2v) is 3.41. The van der Waals surface area contributed by atoms with Crippen LogP contribution >= 0.6 is 0 Å². The van der Waals surface area contributed by atoms with Gasteiger partial charge in [-0.2, -0.15) is 0 Å². The first-order valence-electron chi connectivity index (χ1n) is 5.28. The number of unbranched alkanes of at least 4 members (excludes halogenated alkanes) is 2. The van der Waals surface area contributed by atoms with Gasteiger partial charge in [-0.3, -0.25) is 4.79 Å². The Morgan fingerprint density at radius 3 is 2.53 bits per heavy atom. The van der Waals surface area contributed by atoms with Crippen LogP contribution in [0.3, 0.4) is 0 Å². The van der Waals surface area contributed by atoms with Gasteiger partial charge in [-0.25, -0.2) is 0 Å². The summed E-state index contributed by atoms with van der Waals surface area (Å²) in [5.41, 5.74) is 0.694. The Hall–Kier alpha value is -1.35. The van der Waals surface area contributed by atoms with Gasteiger partial charge >= 0.3 is 0 Å². The van der Waals surface area contributed by atoms with Crippen LogP contribution in [0.15, 0.2) is 30.3 Å². The van der Waals surface area contributed by atoms with Crippen molar-refractivity contribution in [3.63, 3.8) is 0 Å². The lowest BCUT2D eigenvalue weighted by Gasteiger charge is -2.04. The van der Waals surface area contributed by atoms with Crippen molar-refractivity contribution < 1.29 is 9.90 Å². The van der Waals surface area contributed by atoms with Gasteiger partial charge in [-0.05, 0) is 31.4 Å². The average molecular weight is 207 g/mol. The molecule has 0 saturated heterocycles. The number of aliphatic hydroxyl groups excluding tert-OH is 1. The monoisotopic (exact) mass is 207 g/mol. The Morgan fingerprint density at radius 2 is 1.87 bits per heavy atom. The third kappa shape index (κ3) is 4.61. The van der Waals surface area contributed by atoms with E-state index in [4.69, 9.17) is 5.11 Å². The minimum Gasteiger partial charge on any atom is -0.396 e. The van der Waals surface area contributed by atoms with E-state index in [0.717, 1.165) is 19.3 Å². The van der Waals surface area contributed by atoms with Gasteiger partial charge in [0.2, 0.25) is 0 Å². The standard InChI is InChI=1S/C12H17NO2/c14-10-6-2-5-9-13-12(15)11-7-3-1-4-8-11/h1,3-4,7-8,14H,2,5-6,9-10H2,(H,13,15). The second kappa shape index (κ2) is 7.01. The van der Waals surface area contributed by atoms with E-state index in [9.17, 15) is 4.79 Å². The fourth-order valence-corrected chi connectivity index (χ4v) is 1.31. The SMILES string of the molecule is O=C(NCCCCCO)c1ccccc1. The summed E-state index contributed by atoms with van der Waals surface area (Å²) in [5.74, 6) is -0.0281. The van der Waals surface area contributed by atoms with Crippen molar-refractivity contribution >= 4 is 5.91 Å². The largest absolute Gasteiger partial charge is 0.396 e. The van der Waals surface area contributed by atoms with Gasteiger partial charge in [0, 0.05) is 18.7 Å². The number of amides is 1. The lowest BCUT2D eigenvalue weighted by molar-refractivity contribution is 0.0953. The number of hydrogen-bond acceptors (Lipinski definition) is 2. The molecule has 3 nitrogen and oxygen atoms in total. The van der Waals surface area contributed by atoms with Crippen LogP contribution in [0.4, 0.5) is 0 Å². The van der Waals surface area contributed by atoms with Crippen LogP contribution in [0, 0.1) is 0 Å². The molecule has 0 aliphatic heterocycles. The smallest absolute Gasteiger partial charge is 0.251 e. The molecule has 1 aromatic rings. The Balaban J connectivity index is 2.20. The van der Waals surface area contributed by atoms with Crippen LogP contribution in [0.2, 0.25) is 0 Å². The topological polar surface area (TPSA) is 49.3 Å². The molecule has 0 heterocycles.